The van der Waals surface area contributed by atoms with Crippen LogP contribution in [0.5, 0.6) is 0 Å². The van der Waals surface area contributed by atoms with Gasteiger partial charge >= 0.3 is 0 Å². The molecule has 0 aliphatic carbocycles. The summed E-state index contributed by atoms with van der Waals surface area (Å²) in [6, 6.07) is 16.7. The molecule has 4 aromatic rings. The van der Waals surface area contributed by atoms with Gasteiger partial charge in [-0.05, 0) is 54.1 Å². The van der Waals surface area contributed by atoms with Crippen LogP contribution in [0.15, 0.2) is 83.3 Å². The Balaban J connectivity index is 1.49. The highest BCUT2D eigenvalue weighted by molar-refractivity contribution is 7.99. The van der Waals surface area contributed by atoms with Crippen molar-refractivity contribution in [1.29, 1.82) is 0 Å². The predicted molar refractivity (Wildman–Crippen MR) is 122 cm³/mol. The third-order valence-corrected chi connectivity index (χ3v) is 5.44. The predicted octanol–water partition coefficient (Wildman–Crippen LogP) is 4.36. The topological polar surface area (TPSA) is 85.1 Å². The lowest BCUT2D eigenvalue weighted by atomic mass is 10.2. The number of thioether (sulfide) groups is 1. The molecule has 10 heteroatoms. The van der Waals surface area contributed by atoms with E-state index in [1.807, 2.05) is 28.8 Å². The van der Waals surface area contributed by atoms with Gasteiger partial charge in [-0.25, -0.2) is 9.82 Å². The monoisotopic (exact) mass is 466 g/mol. The van der Waals surface area contributed by atoms with E-state index in [-0.39, 0.29) is 17.5 Å². The number of nitrogens with zero attached hydrogens (tertiary/aromatic N) is 5. The number of rotatable bonds is 7. The number of halogens is 2. The molecule has 160 valence electrons. The van der Waals surface area contributed by atoms with Gasteiger partial charge in [0, 0.05) is 28.7 Å². The first kappa shape index (κ1) is 21.7. The van der Waals surface area contributed by atoms with Crippen LogP contribution in [0.3, 0.4) is 0 Å². The molecule has 0 radical (unpaired) electrons. The quantitative estimate of drug-likeness (QED) is 0.248. The fourth-order valence-corrected chi connectivity index (χ4v) is 3.63. The minimum absolute atomic E-state index is 0.0722. The van der Waals surface area contributed by atoms with Gasteiger partial charge in [-0.2, -0.15) is 5.10 Å². The van der Waals surface area contributed by atoms with Crippen LogP contribution < -0.4 is 5.43 Å². The van der Waals surface area contributed by atoms with E-state index in [1.54, 1.807) is 36.7 Å². The van der Waals surface area contributed by atoms with Crippen LogP contribution >= 0.6 is 23.4 Å². The van der Waals surface area contributed by atoms with E-state index in [4.69, 9.17) is 11.6 Å². The van der Waals surface area contributed by atoms with Crippen molar-refractivity contribution in [2.75, 3.05) is 5.75 Å². The van der Waals surface area contributed by atoms with Gasteiger partial charge in [-0.15, -0.1) is 10.2 Å². The number of nitrogens with one attached hydrogen (secondary N) is 1. The van der Waals surface area contributed by atoms with Crippen molar-refractivity contribution in [1.82, 2.24) is 25.2 Å². The molecule has 0 bridgehead atoms. The Morgan fingerprint density at radius 2 is 1.78 bits per heavy atom. The van der Waals surface area contributed by atoms with E-state index in [9.17, 15) is 9.18 Å². The number of benzene rings is 2. The molecule has 7 nitrogen and oxygen atoms in total. The third-order valence-electron chi connectivity index (χ3n) is 4.26. The summed E-state index contributed by atoms with van der Waals surface area (Å²) in [6.07, 6.45) is 4.80. The Kier molecular flexibility index (Phi) is 6.88. The van der Waals surface area contributed by atoms with Crippen molar-refractivity contribution in [3.63, 3.8) is 0 Å². The average Bonchev–Trinajstić information content (AvgIpc) is 3.24. The molecule has 2 aromatic carbocycles. The lowest BCUT2D eigenvalue weighted by Gasteiger charge is -2.10. The molecule has 0 saturated heterocycles. The molecule has 0 unspecified atom stereocenters. The molecule has 0 atom stereocenters. The lowest BCUT2D eigenvalue weighted by molar-refractivity contribution is -0.118. The van der Waals surface area contributed by atoms with Gasteiger partial charge in [-0.3, -0.25) is 14.3 Å². The minimum Gasteiger partial charge on any atom is -0.272 e. The first-order valence-corrected chi connectivity index (χ1v) is 10.8. The zero-order valence-corrected chi connectivity index (χ0v) is 18.1. The van der Waals surface area contributed by atoms with Crippen molar-refractivity contribution in [2.45, 2.75) is 5.16 Å². The number of hydrazone groups is 1. The van der Waals surface area contributed by atoms with Gasteiger partial charge in [0.2, 0.25) is 0 Å². The molecule has 2 heterocycles. The van der Waals surface area contributed by atoms with Crippen LogP contribution in [-0.2, 0) is 4.79 Å². The molecule has 32 heavy (non-hydrogen) atoms. The summed E-state index contributed by atoms with van der Waals surface area (Å²) in [7, 11) is 0. The number of carbonyl (C=O) groups is 1. The van der Waals surface area contributed by atoms with Crippen LogP contribution in [0.1, 0.15) is 5.56 Å². The molecule has 1 N–H and O–H groups in total. The summed E-state index contributed by atoms with van der Waals surface area (Å²) >= 11 is 7.26. The Hall–Kier alpha value is -3.56. The normalized spacial score (nSPS) is 11.1. The van der Waals surface area contributed by atoms with Gasteiger partial charge < -0.3 is 0 Å². The van der Waals surface area contributed by atoms with Crippen LogP contribution in [0, 0.1) is 5.82 Å². The van der Waals surface area contributed by atoms with Crippen LogP contribution in [0.4, 0.5) is 4.39 Å². The Labute approximate surface area is 192 Å². The molecule has 2 aromatic heterocycles. The SMILES string of the molecule is O=C(CSc1nnc(-c2ccncc2)n1-c1ccc(Cl)cc1)N/N=C\c1ccc(F)cc1. The fraction of sp³-hybridized carbons (Fsp3) is 0.0455. The second-order valence-electron chi connectivity index (χ2n) is 6.49. The van der Waals surface area contributed by atoms with E-state index >= 15 is 0 Å². The maximum absolute atomic E-state index is 12.9. The Bertz CT molecular complexity index is 1230. The van der Waals surface area contributed by atoms with E-state index < -0.39 is 0 Å². The number of pyridine rings is 1. The van der Waals surface area contributed by atoms with Gasteiger partial charge in [0.05, 0.1) is 12.0 Å². The number of hydrogen-bond acceptors (Lipinski definition) is 6. The van der Waals surface area contributed by atoms with Gasteiger partial charge in [0.25, 0.3) is 5.91 Å². The van der Waals surface area contributed by atoms with Gasteiger partial charge in [0.15, 0.2) is 11.0 Å². The first-order chi connectivity index (χ1) is 15.6. The second-order valence-corrected chi connectivity index (χ2v) is 7.87. The van der Waals surface area contributed by atoms with E-state index in [1.165, 1.54) is 30.1 Å². The van der Waals surface area contributed by atoms with Crippen LogP contribution in [0.2, 0.25) is 5.02 Å². The molecule has 1 amide bonds. The number of carbonyl (C=O) groups excluding carboxylic acids is 1. The van der Waals surface area contributed by atoms with Crippen LogP contribution in [0.25, 0.3) is 17.1 Å². The number of aromatic nitrogens is 4. The van der Waals surface area contributed by atoms with Crippen molar-refractivity contribution in [3.05, 3.63) is 89.5 Å². The summed E-state index contributed by atoms with van der Waals surface area (Å²) in [5.41, 5.74) is 4.77. The summed E-state index contributed by atoms with van der Waals surface area (Å²) in [6.45, 7) is 0. The zero-order valence-electron chi connectivity index (χ0n) is 16.5. The highest BCUT2D eigenvalue weighted by Crippen LogP contribution is 2.28. The average molecular weight is 467 g/mol. The molecule has 0 aliphatic rings. The first-order valence-electron chi connectivity index (χ1n) is 9.42. The summed E-state index contributed by atoms with van der Waals surface area (Å²) in [4.78, 5) is 16.3. The molecule has 4 rings (SSSR count). The molecule has 0 aliphatic heterocycles. The molecule has 0 spiro atoms. The maximum atomic E-state index is 12.9. The lowest BCUT2D eigenvalue weighted by Crippen LogP contribution is -2.20. The smallest absolute Gasteiger partial charge is 0.250 e. The Morgan fingerprint density at radius 1 is 1.06 bits per heavy atom. The van der Waals surface area contributed by atoms with E-state index in [0.717, 1.165) is 11.3 Å². The Morgan fingerprint density at radius 3 is 2.50 bits per heavy atom. The van der Waals surface area contributed by atoms with Gasteiger partial charge in [0.1, 0.15) is 5.82 Å². The standard InChI is InChI=1S/C22H16ClFN6OS/c23-17-3-7-19(8-4-17)30-21(16-9-11-25-12-10-16)28-29-22(30)32-14-20(31)27-26-13-15-1-5-18(24)6-2-15/h1-13H,14H2,(H,27,31)/b26-13-. The molecule has 0 fully saturated rings. The highest BCUT2D eigenvalue weighted by atomic mass is 35.5. The second kappa shape index (κ2) is 10.2. The molecular weight excluding hydrogens is 451 g/mol. The summed E-state index contributed by atoms with van der Waals surface area (Å²) in [5.74, 6) is 0.0398. The van der Waals surface area contributed by atoms with Crippen LogP contribution in [-0.4, -0.2) is 37.6 Å². The maximum Gasteiger partial charge on any atom is 0.250 e. The largest absolute Gasteiger partial charge is 0.272 e. The fourth-order valence-electron chi connectivity index (χ4n) is 2.76. The van der Waals surface area contributed by atoms with Crippen molar-refractivity contribution >= 4 is 35.5 Å². The summed E-state index contributed by atoms with van der Waals surface area (Å²) in [5, 5.41) is 13.6. The van der Waals surface area contributed by atoms with Crippen molar-refractivity contribution in [3.8, 4) is 17.1 Å². The van der Waals surface area contributed by atoms with Crippen molar-refractivity contribution in [2.24, 2.45) is 5.10 Å². The number of amides is 1. The molecule has 0 saturated carbocycles. The summed E-state index contributed by atoms with van der Waals surface area (Å²) < 4.78 is 14.8. The third kappa shape index (κ3) is 5.37. The highest BCUT2D eigenvalue weighted by Gasteiger charge is 2.17. The number of hydrogen-bond donors (Lipinski definition) is 1. The zero-order chi connectivity index (χ0) is 22.3. The van der Waals surface area contributed by atoms with Crippen molar-refractivity contribution < 1.29 is 9.18 Å². The minimum atomic E-state index is -0.335. The van der Waals surface area contributed by atoms with Gasteiger partial charge in [-0.1, -0.05) is 35.5 Å². The van der Waals surface area contributed by atoms with E-state index in [2.05, 4.69) is 25.7 Å². The molecular formula is C22H16ClFN6OS. The van der Waals surface area contributed by atoms with E-state index in [0.29, 0.717) is 21.6 Å².